The Morgan fingerprint density at radius 2 is 1.32 bits per heavy atom. The molecule has 0 aromatic heterocycles. The van der Waals surface area contributed by atoms with Gasteiger partial charge in [-0.2, -0.15) is 0 Å². The Labute approximate surface area is 438 Å². The zero-order valence-electron chi connectivity index (χ0n) is 51.9. The first-order valence-corrected chi connectivity index (χ1v) is 30.5. The molecule has 6 aliphatic rings. The number of hydrogen-bond acceptors (Lipinski definition) is 2. The predicted octanol–water partition coefficient (Wildman–Crippen LogP) is 22.0. The van der Waals surface area contributed by atoms with Crippen LogP contribution in [0.4, 0.5) is 0 Å². The SMILES string of the molecule is C=C(NC(CCCCC)C(=C)C)C(N)CC1=CC(C)C12C=CC=CC2.CC.CC.CC.CC.CC.CC.CC(C)CCCC(C)C1CCC2C1(C)CCC1C3(C)CCC(C)CC3=CCC12C.CCC. The highest BCUT2D eigenvalue weighted by Gasteiger charge is 2.63. The van der Waals surface area contributed by atoms with Gasteiger partial charge in [0.15, 0.2) is 0 Å². The van der Waals surface area contributed by atoms with Crippen LogP contribution in [0.25, 0.3) is 0 Å². The van der Waals surface area contributed by atoms with Crippen molar-refractivity contribution in [3.63, 3.8) is 0 Å². The maximum atomic E-state index is 6.49. The molecule has 0 aromatic rings. The lowest BCUT2D eigenvalue weighted by Crippen LogP contribution is -2.56. The van der Waals surface area contributed by atoms with Crippen LogP contribution in [0.2, 0.25) is 0 Å². The van der Waals surface area contributed by atoms with Crippen LogP contribution in [-0.4, -0.2) is 12.1 Å². The van der Waals surface area contributed by atoms with Crippen molar-refractivity contribution in [2.75, 3.05) is 0 Å². The van der Waals surface area contributed by atoms with Crippen LogP contribution < -0.4 is 11.1 Å². The molecule has 12 unspecified atom stereocenters. The first-order valence-electron chi connectivity index (χ1n) is 30.5. The van der Waals surface area contributed by atoms with Gasteiger partial charge in [0, 0.05) is 23.2 Å². The molecule has 0 heterocycles. The number of unbranched alkanes of at least 4 members (excludes halogenated alkanes) is 2. The zero-order valence-corrected chi connectivity index (χ0v) is 51.9. The summed E-state index contributed by atoms with van der Waals surface area (Å²) < 4.78 is 0. The molecular formula is C67H130N2. The molecule has 408 valence electrons. The Bertz CT molecular complexity index is 1440. The van der Waals surface area contributed by atoms with Gasteiger partial charge in [-0.3, -0.25) is 0 Å². The molecule has 2 nitrogen and oxygen atoms in total. The third kappa shape index (κ3) is 19.5. The van der Waals surface area contributed by atoms with Crippen molar-refractivity contribution >= 4 is 0 Å². The summed E-state index contributed by atoms with van der Waals surface area (Å²) in [6.07, 6.45) is 38.2. The van der Waals surface area contributed by atoms with Crippen LogP contribution in [0.3, 0.4) is 0 Å². The average molecular weight is 964 g/mol. The van der Waals surface area contributed by atoms with Crippen molar-refractivity contribution in [3.8, 4) is 0 Å². The van der Waals surface area contributed by atoms with Gasteiger partial charge in [-0.25, -0.2) is 0 Å². The van der Waals surface area contributed by atoms with E-state index in [9.17, 15) is 0 Å². The van der Waals surface area contributed by atoms with E-state index in [1.165, 1.54) is 102 Å². The number of rotatable bonds is 15. The first kappa shape index (κ1) is 71.5. The van der Waals surface area contributed by atoms with Crippen molar-refractivity contribution in [2.45, 2.75) is 294 Å². The summed E-state index contributed by atoms with van der Waals surface area (Å²) in [5.74, 6) is 6.16. The second-order valence-corrected chi connectivity index (χ2v) is 21.9. The lowest BCUT2D eigenvalue weighted by atomic mass is 9.41. The molecule has 6 rings (SSSR count). The molecule has 12 atom stereocenters. The molecule has 0 aromatic carbocycles. The molecule has 3 saturated carbocycles. The van der Waals surface area contributed by atoms with E-state index in [0.29, 0.717) is 22.2 Å². The molecular weight excluding hydrogens is 833 g/mol. The van der Waals surface area contributed by atoms with Crippen molar-refractivity contribution in [3.05, 3.63) is 72.0 Å². The lowest BCUT2D eigenvalue weighted by molar-refractivity contribution is -0.111. The van der Waals surface area contributed by atoms with Crippen LogP contribution in [-0.2, 0) is 0 Å². The lowest BCUT2D eigenvalue weighted by Gasteiger charge is -2.63. The molecule has 0 saturated heterocycles. The Morgan fingerprint density at radius 1 is 0.725 bits per heavy atom. The summed E-state index contributed by atoms with van der Waals surface area (Å²) in [6, 6.07) is 0.230. The van der Waals surface area contributed by atoms with E-state index >= 15 is 0 Å². The van der Waals surface area contributed by atoms with Crippen LogP contribution >= 0.6 is 0 Å². The van der Waals surface area contributed by atoms with Crippen LogP contribution in [0.1, 0.15) is 282 Å². The van der Waals surface area contributed by atoms with Gasteiger partial charge in [0.2, 0.25) is 0 Å². The molecule has 0 aliphatic heterocycles. The topological polar surface area (TPSA) is 38.0 Å². The van der Waals surface area contributed by atoms with Gasteiger partial charge >= 0.3 is 0 Å². The molecule has 0 amide bonds. The largest absolute Gasteiger partial charge is 0.381 e. The fraction of sp³-hybridized carbons (Fsp3) is 0.821. The summed E-state index contributed by atoms with van der Waals surface area (Å²) in [4.78, 5) is 0. The van der Waals surface area contributed by atoms with Crippen LogP contribution in [0.5, 0.6) is 0 Å². The van der Waals surface area contributed by atoms with Crippen molar-refractivity contribution in [1.82, 2.24) is 5.32 Å². The number of fused-ring (bicyclic) bond motifs is 5. The Balaban J connectivity index is -0.000000997. The highest BCUT2D eigenvalue weighted by molar-refractivity contribution is 5.40. The Kier molecular flexibility index (Phi) is 39.2. The van der Waals surface area contributed by atoms with E-state index in [0.717, 1.165) is 66.0 Å². The Hall–Kier alpha value is -1.80. The Morgan fingerprint density at radius 3 is 1.83 bits per heavy atom. The van der Waals surface area contributed by atoms with Gasteiger partial charge in [0.25, 0.3) is 0 Å². The van der Waals surface area contributed by atoms with E-state index in [4.69, 9.17) is 5.73 Å². The minimum absolute atomic E-state index is 0.0528. The number of nitrogens with one attached hydrogen (secondary N) is 1. The summed E-state index contributed by atoms with van der Waals surface area (Å²) in [7, 11) is 0. The minimum atomic E-state index is -0.0528. The fourth-order valence-corrected chi connectivity index (χ4v) is 13.5. The first-order chi connectivity index (χ1) is 32.9. The number of nitrogens with two attached hydrogens (primary N) is 1. The predicted molar refractivity (Wildman–Crippen MR) is 321 cm³/mol. The van der Waals surface area contributed by atoms with E-state index in [1.54, 1.807) is 0 Å². The highest BCUT2D eigenvalue weighted by Crippen LogP contribution is 2.72. The summed E-state index contributed by atoms with van der Waals surface area (Å²) in [6.45, 7) is 61.3. The molecule has 6 aliphatic carbocycles. The van der Waals surface area contributed by atoms with Gasteiger partial charge in [-0.05, 0) is 135 Å². The zero-order chi connectivity index (χ0) is 54.2. The quantitative estimate of drug-likeness (QED) is 0.127. The van der Waals surface area contributed by atoms with E-state index in [2.05, 4.69) is 138 Å². The third-order valence-electron chi connectivity index (χ3n) is 17.0. The third-order valence-corrected chi connectivity index (χ3v) is 17.0. The standard InChI is InChI=1S/C29H50.C23H36N2.C3H8.6C2H6/c1-20(2)9-8-10-22(4)24-11-12-25-28(24,6)18-15-26-27(5)16-13-21(3)19-23(27)14-17-29(25,26)7;1-6-7-9-12-22(17(2)3)25-19(5)21(24)16-20-15-18(4)23(20)13-10-8-11-14-23;1-3-2;6*1-2/h14,20-22,24-26H,8-13,15-19H2,1-7H3;8,10-11,13,15,18,21-22,25H,2,5-7,9,12,14,16,24H2,1,3-4H3;3H2,1-2H3;6*1-2H3. The van der Waals surface area contributed by atoms with Crippen LogP contribution in [0.15, 0.2) is 72.0 Å². The van der Waals surface area contributed by atoms with Crippen LogP contribution in [0, 0.1) is 63.1 Å². The number of allylic oxidation sites excluding steroid dienone is 7. The summed E-state index contributed by atoms with van der Waals surface area (Å²) in [5, 5.41) is 3.55. The van der Waals surface area contributed by atoms with Crippen molar-refractivity contribution < 1.29 is 0 Å². The minimum Gasteiger partial charge on any atom is -0.381 e. The smallest absolute Gasteiger partial charge is 0.0476 e. The molecule has 2 heteroatoms. The molecule has 0 bridgehead atoms. The van der Waals surface area contributed by atoms with Gasteiger partial charge < -0.3 is 11.1 Å². The molecule has 0 radical (unpaired) electrons. The monoisotopic (exact) mass is 963 g/mol. The molecule has 1 spiro atoms. The van der Waals surface area contributed by atoms with E-state index in [-0.39, 0.29) is 17.5 Å². The molecule has 69 heavy (non-hydrogen) atoms. The maximum absolute atomic E-state index is 6.49. The number of hydrogen-bond donors (Lipinski definition) is 2. The van der Waals surface area contributed by atoms with E-state index < -0.39 is 0 Å². The van der Waals surface area contributed by atoms with Gasteiger partial charge in [-0.1, -0.05) is 271 Å². The normalized spacial score (nSPS) is 30.6. The van der Waals surface area contributed by atoms with Gasteiger partial charge in [-0.15, -0.1) is 0 Å². The fourth-order valence-electron chi connectivity index (χ4n) is 13.5. The van der Waals surface area contributed by atoms with Gasteiger partial charge in [0.1, 0.15) is 0 Å². The van der Waals surface area contributed by atoms with Crippen molar-refractivity contribution in [2.24, 2.45) is 68.8 Å². The summed E-state index contributed by atoms with van der Waals surface area (Å²) >= 11 is 0. The summed E-state index contributed by atoms with van der Waals surface area (Å²) in [5.41, 5.74) is 13.8. The highest BCUT2D eigenvalue weighted by atomic mass is 15.0. The molecule has 3 N–H and O–H groups in total. The second-order valence-electron chi connectivity index (χ2n) is 21.9. The maximum Gasteiger partial charge on any atom is 0.0476 e. The second kappa shape index (κ2) is 37.9. The van der Waals surface area contributed by atoms with Crippen molar-refractivity contribution in [1.29, 1.82) is 0 Å². The average Bonchev–Trinajstić information content (AvgIpc) is 3.74. The van der Waals surface area contributed by atoms with Gasteiger partial charge in [0.05, 0.1) is 0 Å². The molecule has 3 fully saturated rings. The van der Waals surface area contributed by atoms with E-state index in [1.807, 2.05) is 88.7 Å².